The van der Waals surface area contributed by atoms with Gasteiger partial charge in [0.1, 0.15) is 5.75 Å². The molecule has 5 rings (SSSR count). The minimum Gasteiger partial charge on any atom is -0.497 e. The molecule has 4 bridgehead atoms. The molecule has 0 aliphatic heterocycles. The van der Waals surface area contributed by atoms with E-state index >= 15 is 0 Å². The maximum absolute atomic E-state index is 13.0. The van der Waals surface area contributed by atoms with Crippen molar-refractivity contribution >= 4 is 5.91 Å². The Morgan fingerprint density at radius 1 is 1.12 bits per heavy atom. The van der Waals surface area contributed by atoms with E-state index in [1.54, 1.807) is 7.11 Å². The number of carbonyl (C=O) groups is 1. The van der Waals surface area contributed by atoms with E-state index < -0.39 is 0 Å². The second-order valence-corrected chi connectivity index (χ2v) is 8.88. The number of hydrogen-bond donors (Lipinski definition) is 1. The van der Waals surface area contributed by atoms with E-state index in [-0.39, 0.29) is 16.9 Å². The SMILES string of the molecule is COc1ccc(C23C[C@H]4C[C@@H](CC(C(=O)NC(C)C)(C4)C2)C3)cc1. The van der Waals surface area contributed by atoms with Crippen molar-refractivity contribution in [3.63, 3.8) is 0 Å². The van der Waals surface area contributed by atoms with Crippen molar-refractivity contribution in [1.29, 1.82) is 0 Å². The Morgan fingerprint density at radius 3 is 2.29 bits per heavy atom. The van der Waals surface area contributed by atoms with Crippen LogP contribution in [0.15, 0.2) is 24.3 Å². The molecule has 0 unspecified atom stereocenters. The molecule has 0 saturated heterocycles. The Hall–Kier alpha value is -1.51. The fraction of sp³-hybridized carbons (Fsp3) is 0.667. The zero-order chi connectivity index (χ0) is 16.9. The molecule has 1 amide bonds. The summed E-state index contributed by atoms with van der Waals surface area (Å²) in [5.41, 5.74) is 1.48. The Labute approximate surface area is 145 Å². The van der Waals surface area contributed by atoms with Crippen LogP contribution in [0.25, 0.3) is 0 Å². The molecule has 3 nitrogen and oxygen atoms in total. The van der Waals surface area contributed by atoms with E-state index in [1.807, 2.05) is 0 Å². The number of rotatable bonds is 4. The van der Waals surface area contributed by atoms with Gasteiger partial charge in [-0.1, -0.05) is 12.1 Å². The van der Waals surface area contributed by atoms with Crippen LogP contribution in [0, 0.1) is 17.3 Å². The number of ether oxygens (including phenoxy) is 1. The van der Waals surface area contributed by atoms with Crippen molar-refractivity contribution in [3.05, 3.63) is 29.8 Å². The van der Waals surface area contributed by atoms with Gasteiger partial charge in [-0.3, -0.25) is 4.79 Å². The highest BCUT2D eigenvalue weighted by Crippen LogP contribution is 2.65. The van der Waals surface area contributed by atoms with Gasteiger partial charge in [-0.25, -0.2) is 0 Å². The number of amides is 1. The van der Waals surface area contributed by atoms with E-state index in [2.05, 4.69) is 43.4 Å². The van der Waals surface area contributed by atoms with Gasteiger partial charge in [-0.05, 0) is 87.3 Å². The van der Waals surface area contributed by atoms with Crippen molar-refractivity contribution < 1.29 is 9.53 Å². The van der Waals surface area contributed by atoms with Crippen molar-refractivity contribution in [2.24, 2.45) is 17.3 Å². The molecule has 2 atom stereocenters. The normalized spacial score (nSPS) is 36.8. The fourth-order valence-corrected chi connectivity index (χ4v) is 6.23. The van der Waals surface area contributed by atoms with Crippen LogP contribution >= 0.6 is 0 Å². The summed E-state index contributed by atoms with van der Waals surface area (Å²) in [6.07, 6.45) is 7.06. The van der Waals surface area contributed by atoms with Crippen LogP contribution in [0.3, 0.4) is 0 Å². The first kappa shape index (κ1) is 16.0. The largest absolute Gasteiger partial charge is 0.497 e. The van der Waals surface area contributed by atoms with E-state index in [0.717, 1.165) is 25.0 Å². The zero-order valence-corrected chi connectivity index (χ0v) is 15.1. The number of methoxy groups -OCH3 is 1. The molecule has 4 aliphatic carbocycles. The summed E-state index contributed by atoms with van der Waals surface area (Å²) in [5.74, 6) is 2.65. The van der Waals surface area contributed by atoms with Gasteiger partial charge in [0.05, 0.1) is 12.5 Å². The first-order valence-electron chi connectivity index (χ1n) is 9.40. The summed E-state index contributed by atoms with van der Waals surface area (Å²) < 4.78 is 5.33. The third-order valence-corrected chi connectivity index (χ3v) is 6.66. The van der Waals surface area contributed by atoms with Gasteiger partial charge in [0.2, 0.25) is 5.91 Å². The molecular weight excluding hydrogens is 298 g/mol. The first-order valence-corrected chi connectivity index (χ1v) is 9.40. The van der Waals surface area contributed by atoms with Gasteiger partial charge < -0.3 is 10.1 Å². The Bertz CT molecular complexity index is 620. The molecule has 0 spiro atoms. The molecule has 0 radical (unpaired) electrons. The van der Waals surface area contributed by atoms with Gasteiger partial charge in [-0.15, -0.1) is 0 Å². The maximum Gasteiger partial charge on any atom is 0.226 e. The summed E-state index contributed by atoms with van der Waals surface area (Å²) >= 11 is 0. The van der Waals surface area contributed by atoms with Crippen molar-refractivity contribution in [1.82, 2.24) is 5.32 Å². The standard InChI is InChI=1S/C21H29NO2/c1-14(2)22-19(23)21-11-15-8-16(12-21)10-20(9-15,13-21)17-4-6-18(24-3)7-5-17/h4-7,14-16H,8-13H2,1-3H3,(H,22,23)/t15-,16-,20?,21?/m1/s1. The average molecular weight is 327 g/mol. The lowest BCUT2D eigenvalue weighted by Gasteiger charge is -2.61. The highest BCUT2D eigenvalue weighted by molar-refractivity contribution is 5.83. The molecule has 4 saturated carbocycles. The highest BCUT2D eigenvalue weighted by atomic mass is 16.5. The monoisotopic (exact) mass is 327 g/mol. The van der Waals surface area contributed by atoms with Crippen LogP contribution in [-0.4, -0.2) is 19.1 Å². The summed E-state index contributed by atoms with van der Waals surface area (Å²) in [4.78, 5) is 13.0. The molecular formula is C21H29NO2. The molecule has 1 aromatic rings. The molecule has 4 fully saturated rings. The highest BCUT2D eigenvalue weighted by Gasteiger charge is 2.60. The molecule has 3 heteroatoms. The lowest BCUT2D eigenvalue weighted by molar-refractivity contribution is -0.149. The maximum atomic E-state index is 13.0. The number of hydrogen-bond acceptors (Lipinski definition) is 2. The van der Waals surface area contributed by atoms with Crippen molar-refractivity contribution in [2.75, 3.05) is 7.11 Å². The average Bonchev–Trinajstić information content (AvgIpc) is 2.53. The summed E-state index contributed by atoms with van der Waals surface area (Å²) in [5, 5.41) is 3.23. The Morgan fingerprint density at radius 2 is 1.75 bits per heavy atom. The van der Waals surface area contributed by atoms with E-state index in [1.165, 1.54) is 24.8 Å². The molecule has 0 aromatic heterocycles. The van der Waals surface area contributed by atoms with Crippen LogP contribution in [0.2, 0.25) is 0 Å². The van der Waals surface area contributed by atoms with Gasteiger partial charge in [0.15, 0.2) is 0 Å². The third-order valence-electron chi connectivity index (χ3n) is 6.66. The minimum absolute atomic E-state index is 0.131. The van der Waals surface area contributed by atoms with E-state index in [0.29, 0.717) is 17.7 Å². The second kappa shape index (κ2) is 5.50. The van der Waals surface area contributed by atoms with Crippen LogP contribution in [0.4, 0.5) is 0 Å². The molecule has 24 heavy (non-hydrogen) atoms. The topological polar surface area (TPSA) is 38.3 Å². The lowest BCUT2D eigenvalue weighted by Crippen LogP contribution is -2.59. The number of benzene rings is 1. The number of carbonyl (C=O) groups excluding carboxylic acids is 1. The summed E-state index contributed by atoms with van der Waals surface area (Å²) in [6, 6.07) is 8.85. The molecule has 130 valence electrons. The molecule has 1 aromatic carbocycles. The predicted octanol–water partition coefficient (Wildman–Crippen LogP) is 4.06. The summed E-state index contributed by atoms with van der Waals surface area (Å²) in [7, 11) is 1.71. The van der Waals surface area contributed by atoms with Gasteiger partial charge in [0, 0.05) is 6.04 Å². The van der Waals surface area contributed by atoms with E-state index in [4.69, 9.17) is 4.74 Å². The number of nitrogens with one attached hydrogen (secondary N) is 1. The van der Waals surface area contributed by atoms with Crippen LogP contribution < -0.4 is 10.1 Å². The Kier molecular flexibility index (Phi) is 3.67. The van der Waals surface area contributed by atoms with Crippen molar-refractivity contribution in [2.45, 2.75) is 63.8 Å². The molecule has 1 N–H and O–H groups in total. The van der Waals surface area contributed by atoms with Crippen LogP contribution in [-0.2, 0) is 10.2 Å². The first-order chi connectivity index (χ1) is 11.4. The fourth-order valence-electron chi connectivity index (χ4n) is 6.23. The predicted molar refractivity (Wildman–Crippen MR) is 95.1 cm³/mol. The molecule has 4 aliphatic rings. The lowest BCUT2D eigenvalue weighted by atomic mass is 9.42. The van der Waals surface area contributed by atoms with Gasteiger partial charge in [-0.2, -0.15) is 0 Å². The van der Waals surface area contributed by atoms with E-state index in [9.17, 15) is 4.79 Å². The van der Waals surface area contributed by atoms with Crippen LogP contribution in [0.1, 0.15) is 57.9 Å². The summed E-state index contributed by atoms with van der Waals surface area (Å²) in [6.45, 7) is 4.13. The quantitative estimate of drug-likeness (QED) is 0.906. The zero-order valence-electron chi connectivity index (χ0n) is 15.1. The molecule has 0 heterocycles. The smallest absolute Gasteiger partial charge is 0.226 e. The van der Waals surface area contributed by atoms with Gasteiger partial charge >= 0.3 is 0 Å². The second-order valence-electron chi connectivity index (χ2n) is 8.88. The third kappa shape index (κ3) is 2.44. The Balaban J connectivity index is 1.68. The minimum atomic E-state index is -0.131. The van der Waals surface area contributed by atoms with Crippen molar-refractivity contribution in [3.8, 4) is 5.75 Å². The van der Waals surface area contributed by atoms with Gasteiger partial charge in [0.25, 0.3) is 0 Å². The van der Waals surface area contributed by atoms with Crippen LogP contribution in [0.5, 0.6) is 5.75 Å².